The average Bonchev–Trinajstić information content (AvgIpc) is 3.51. The Morgan fingerprint density at radius 1 is 0.364 bits per heavy atom. The van der Waals surface area contributed by atoms with E-state index in [1.165, 1.54) is 0 Å². The maximum Gasteiger partial charge on any atom is 0.115 e. The summed E-state index contributed by atoms with van der Waals surface area (Å²) in [7, 11) is 101. The lowest BCUT2D eigenvalue weighted by Gasteiger charge is -2.32. The number of para-hydroxylation sites is 3. The first-order valence-electron chi connectivity index (χ1n) is 16.9. The molecule has 1 aromatic heterocycles. The smallest absolute Gasteiger partial charge is 0.115 e. The normalized spacial score (nSPS) is 11.7. The van der Waals surface area contributed by atoms with Crippen LogP contribution in [0, 0.1) is 6.92 Å². The van der Waals surface area contributed by atoms with Crippen molar-refractivity contribution in [3.63, 3.8) is 0 Å². The van der Waals surface area contributed by atoms with Crippen molar-refractivity contribution in [2.75, 3.05) is 0 Å². The molecule has 1 heterocycles. The Labute approximate surface area is 340 Å². The van der Waals surface area contributed by atoms with Crippen LogP contribution in [-0.2, 0) is 0 Å². The van der Waals surface area contributed by atoms with Crippen LogP contribution in [0.15, 0.2) is 48.5 Å². The van der Waals surface area contributed by atoms with Gasteiger partial charge >= 0.3 is 0 Å². The summed E-state index contributed by atoms with van der Waals surface area (Å²) in [6.45, 7) is 1.90. The molecule has 0 aliphatic rings. The highest BCUT2D eigenvalue weighted by molar-refractivity contribution is 6.75. The summed E-state index contributed by atoms with van der Waals surface area (Å²) in [5.74, 6) is 0.704. The number of benzene rings is 7. The van der Waals surface area contributed by atoms with E-state index in [9.17, 15) is 0 Å². The zero-order valence-corrected chi connectivity index (χ0v) is 29.7. The van der Waals surface area contributed by atoms with Gasteiger partial charge in [-0.05, 0) is 74.1 Å². The quantitative estimate of drug-likeness (QED) is 0.137. The first-order chi connectivity index (χ1) is 26.0. The fraction of sp³-hybridized carbons (Fsp3) is 0.0263. The van der Waals surface area contributed by atoms with Crippen LogP contribution < -0.4 is 81.9 Å². The van der Waals surface area contributed by atoms with Gasteiger partial charge in [0.25, 0.3) is 0 Å². The van der Waals surface area contributed by atoms with Crippen LogP contribution in [0.4, 0.5) is 0 Å². The third kappa shape index (κ3) is 5.06. The van der Waals surface area contributed by atoms with Gasteiger partial charge in [-0.3, -0.25) is 4.57 Å². The number of aryl methyl sites for hydroxylation is 1. The maximum absolute atomic E-state index is 7.08. The summed E-state index contributed by atoms with van der Waals surface area (Å²) in [4.78, 5) is 4.82. The molecule has 8 rings (SSSR count). The van der Waals surface area contributed by atoms with E-state index in [0.29, 0.717) is 33.4 Å². The van der Waals surface area contributed by atoms with Gasteiger partial charge < -0.3 is 0 Å². The summed E-state index contributed by atoms with van der Waals surface area (Å²) in [5, 5.41) is 1.58. The Kier molecular flexibility index (Phi) is 9.03. The van der Waals surface area contributed by atoms with Gasteiger partial charge in [0.2, 0.25) is 0 Å². The van der Waals surface area contributed by atoms with Crippen LogP contribution in [0.5, 0.6) is 0 Å². The third-order valence-corrected chi connectivity index (χ3v) is 10.7. The van der Waals surface area contributed by atoms with Crippen molar-refractivity contribution in [2.45, 2.75) is 6.92 Å². The molecule has 0 unspecified atom stereocenters. The second kappa shape index (κ2) is 13.2. The minimum atomic E-state index is -0.0294. The monoisotopic (exact) mass is 660 g/mol. The maximum atomic E-state index is 7.08. The van der Waals surface area contributed by atoms with Crippen molar-refractivity contribution < 1.29 is 0 Å². The highest BCUT2D eigenvalue weighted by Gasteiger charge is 2.28. The second-order valence-electron chi connectivity index (χ2n) is 13.6. The standard InChI is InChI=1S/C38H11B15N2/c1-10-54-12-7-3-5-9-14(12)55(10)13-8-4-2-6-11(13)15-17-19(27(42)35(50)33(48)25(17)40)16(20-18(15)26(41)34(49)36(51)28(20)43)21-24(39)22-23(30(45)29(21)44)32(47)38(53)37(52)31(22)46/h2-9H,1H3. The van der Waals surface area contributed by atoms with Crippen molar-refractivity contribution >= 4 is 243 Å². The molecule has 8 aromatic rings. The molecule has 55 heavy (non-hydrogen) atoms. The molecular weight excluding hydrogens is 647 g/mol. The van der Waals surface area contributed by atoms with Crippen molar-refractivity contribution in [1.82, 2.24) is 9.55 Å². The lowest BCUT2D eigenvalue weighted by Crippen LogP contribution is -2.52. The van der Waals surface area contributed by atoms with Crippen LogP contribution in [0.1, 0.15) is 5.82 Å². The van der Waals surface area contributed by atoms with E-state index in [0.717, 1.165) is 11.0 Å². The third-order valence-electron chi connectivity index (χ3n) is 10.7. The van der Waals surface area contributed by atoms with E-state index < -0.39 is 0 Å². The molecule has 218 valence electrons. The highest BCUT2D eigenvalue weighted by Crippen LogP contribution is 2.42. The fourth-order valence-electron chi connectivity index (χ4n) is 7.99. The lowest BCUT2D eigenvalue weighted by atomic mass is 9.56. The fourth-order valence-corrected chi connectivity index (χ4v) is 7.99. The predicted octanol–water partition coefficient (Wildman–Crippen LogP) is -7.97. The van der Waals surface area contributed by atoms with E-state index in [2.05, 4.69) is 0 Å². The van der Waals surface area contributed by atoms with Gasteiger partial charge in [0.1, 0.15) is 124 Å². The lowest BCUT2D eigenvalue weighted by molar-refractivity contribution is 1.00. The van der Waals surface area contributed by atoms with Crippen LogP contribution in [0.3, 0.4) is 0 Å². The topological polar surface area (TPSA) is 17.8 Å². The Morgan fingerprint density at radius 3 is 1.25 bits per heavy atom. The molecule has 30 radical (unpaired) electrons. The van der Waals surface area contributed by atoms with Crippen molar-refractivity contribution in [1.29, 1.82) is 0 Å². The Hall–Kier alpha value is -4.24. The van der Waals surface area contributed by atoms with Crippen molar-refractivity contribution in [2.24, 2.45) is 0 Å². The van der Waals surface area contributed by atoms with Gasteiger partial charge in [0, 0.05) is 5.56 Å². The minimum absolute atomic E-state index is 0.00166. The van der Waals surface area contributed by atoms with Crippen LogP contribution in [0.2, 0.25) is 0 Å². The van der Waals surface area contributed by atoms with Gasteiger partial charge in [-0.2, -0.15) is 0 Å². The van der Waals surface area contributed by atoms with E-state index in [-0.39, 0.29) is 115 Å². The molecule has 7 aromatic carbocycles. The van der Waals surface area contributed by atoms with Gasteiger partial charge in [0.05, 0.1) is 16.7 Å². The number of hydrogen-bond donors (Lipinski definition) is 0. The molecule has 0 fully saturated rings. The predicted molar refractivity (Wildman–Crippen MR) is 250 cm³/mol. The summed E-state index contributed by atoms with van der Waals surface area (Å²) in [6, 6.07) is 15.3. The van der Waals surface area contributed by atoms with E-state index in [1.54, 1.807) is 0 Å². The van der Waals surface area contributed by atoms with Gasteiger partial charge in [-0.15, -0.1) is 32.8 Å². The highest BCUT2D eigenvalue weighted by atomic mass is 15.1. The molecule has 0 amide bonds. The second-order valence-corrected chi connectivity index (χ2v) is 13.6. The number of fused-ring (bicyclic) bond motifs is 4. The molecular formula is C38H11B15N2. The van der Waals surface area contributed by atoms with Gasteiger partial charge in [-0.1, -0.05) is 79.5 Å². The van der Waals surface area contributed by atoms with Crippen LogP contribution in [0.25, 0.3) is 71.3 Å². The number of aromatic nitrogens is 2. The van der Waals surface area contributed by atoms with Gasteiger partial charge in [0.15, 0.2) is 0 Å². The summed E-state index contributed by atoms with van der Waals surface area (Å²) >= 11 is 0. The molecule has 17 heteroatoms. The summed E-state index contributed by atoms with van der Waals surface area (Å²) in [6.07, 6.45) is 0. The molecule has 0 saturated heterocycles. The molecule has 0 N–H and O–H groups in total. The SMILES string of the molecule is [B]c1c([B])c([B])c2c([B])c(-c3c4c([B])c([B])c([B])c([B])c4c(-c4ccccc4-n4c(C)nc5ccccc54)c4c([B])c([B])c([B])c([B])c34)c([B])c([B])c2c1[B]. The zero-order valence-electron chi connectivity index (χ0n) is 29.7. The summed E-state index contributed by atoms with van der Waals surface area (Å²) in [5.41, 5.74) is 4.03. The first-order valence-corrected chi connectivity index (χ1v) is 16.9. The van der Waals surface area contributed by atoms with Crippen molar-refractivity contribution in [3.8, 4) is 27.9 Å². The van der Waals surface area contributed by atoms with E-state index >= 15 is 0 Å². The Balaban J connectivity index is 1.72. The number of nitrogens with zero attached hydrogens (tertiary/aromatic N) is 2. The molecule has 0 aliphatic carbocycles. The molecule has 0 saturated carbocycles. The molecule has 0 bridgehead atoms. The zero-order chi connectivity index (χ0) is 39.7. The molecule has 0 aliphatic heterocycles. The Morgan fingerprint density at radius 2 is 0.745 bits per heavy atom. The van der Waals surface area contributed by atoms with E-state index in [1.807, 2.05) is 60.0 Å². The number of imidazole rings is 1. The van der Waals surface area contributed by atoms with Crippen LogP contribution >= 0.6 is 0 Å². The molecule has 0 atom stereocenters. The number of rotatable bonds is 3. The molecule has 0 spiro atoms. The Bertz CT molecular complexity index is 2980. The van der Waals surface area contributed by atoms with Crippen LogP contribution in [-0.4, -0.2) is 127 Å². The van der Waals surface area contributed by atoms with Crippen molar-refractivity contribution in [3.05, 3.63) is 54.4 Å². The minimum Gasteiger partial charge on any atom is -0.296 e. The number of hydrogen-bond acceptors (Lipinski definition) is 1. The van der Waals surface area contributed by atoms with Gasteiger partial charge in [-0.25, -0.2) is 4.98 Å². The summed E-state index contributed by atoms with van der Waals surface area (Å²) < 4.78 is 2.01. The largest absolute Gasteiger partial charge is 0.296 e. The molecule has 2 nitrogen and oxygen atoms in total. The first kappa shape index (κ1) is 37.7. The average molecular weight is 658 g/mol. The van der Waals surface area contributed by atoms with E-state index in [4.69, 9.17) is 123 Å².